The molecule has 1 unspecified atom stereocenters. The average Bonchev–Trinajstić information content (AvgIpc) is 3.00. The Bertz CT molecular complexity index is 652. The van der Waals surface area contributed by atoms with E-state index in [-0.39, 0.29) is 23.4 Å². The Morgan fingerprint density at radius 1 is 1.14 bits per heavy atom. The van der Waals surface area contributed by atoms with Gasteiger partial charge in [-0.05, 0) is 41.8 Å². The van der Waals surface area contributed by atoms with Crippen molar-refractivity contribution in [2.24, 2.45) is 0 Å². The van der Waals surface area contributed by atoms with Gasteiger partial charge in [-0.2, -0.15) is 0 Å². The fourth-order valence-electron chi connectivity index (χ4n) is 2.89. The van der Waals surface area contributed by atoms with Gasteiger partial charge in [0.25, 0.3) is 0 Å². The Hall–Kier alpha value is -2.36. The summed E-state index contributed by atoms with van der Waals surface area (Å²) in [5, 5.41) is 9.26. The minimum atomic E-state index is -0.234. The van der Waals surface area contributed by atoms with Crippen LogP contribution in [0.1, 0.15) is 23.5 Å². The lowest BCUT2D eigenvalue weighted by molar-refractivity contribution is -0.129. The molecule has 0 saturated carbocycles. The third kappa shape index (κ3) is 3.27. The molecule has 4 heteroatoms. The molecule has 1 heterocycles. The zero-order chi connectivity index (χ0) is 15.5. The lowest BCUT2D eigenvalue weighted by atomic mass is 9.99. The first-order chi connectivity index (χ1) is 10.6. The van der Waals surface area contributed by atoms with E-state index in [2.05, 4.69) is 0 Å². The van der Waals surface area contributed by atoms with Gasteiger partial charge in [0.1, 0.15) is 11.6 Å². The van der Waals surface area contributed by atoms with Crippen molar-refractivity contribution in [2.45, 2.75) is 18.8 Å². The van der Waals surface area contributed by atoms with Gasteiger partial charge in [-0.1, -0.05) is 24.3 Å². The molecule has 114 valence electrons. The maximum atomic E-state index is 13.0. The van der Waals surface area contributed by atoms with Gasteiger partial charge in [0.05, 0.1) is 6.42 Å². The van der Waals surface area contributed by atoms with Crippen molar-refractivity contribution in [3.8, 4) is 5.75 Å². The lowest BCUT2D eigenvalue weighted by Gasteiger charge is -2.17. The highest BCUT2D eigenvalue weighted by Gasteiger charge is 2.27. The van der Waals surface area contributed by atoms with Crippen LogP contribution in [-0.4, -0.2) is 29.0 Å². The van der Waals surface area contributed by atoms with Gasteiger partial charge in [0.2, 0.25) is 5.91 Å². The third-order valence-electron chi connectivity index (χ3n) is 4.17. The molecular formula is C18H18FNO2. The number of nitrogens with zero attached hydrogens (tertiary/aromatic N) is 1. The van der Waals surface area contributed by atoms with Crippen molar-refractivity contribution in [3.05, 3.63) is 65.5 Å². The smallest absolute Gasteiger partial charge is 0.227 e. The van der Waals surface area contributed by atoms with E-state index in [0.717, 1.165) is 24.1 Å². The van der Waals surface area contributed by atoms with Crippen LogP contribution >= 0.6 is 0 Å². The quantitative estimate of drug-likeness (QED) is 0.946. The molecule has 3 nitrogen and oxygen atoms in total. The first kappa shape index (κ1) is 14.6. The van der Waals surface area contributed by atoms with Gasteiger partial charge in [0.15, 0.2) is 0 Å². The SMILES string of the molecule is O=C(Cc1ccc(O)cc1)N1CCC(c2ccc(F)cc2)C1. The Morgan fingerprint density at radius 3 is 2.50 bits per heavy atom. The minimum Gasteiger partial charge on any atom is -0.508 e. The monoisotopic (exact) mass is 299 g/mol. The number of aromatic hydroxyl groups is 1. The van der Waals surface area contributed by atoms with E-state index < -0.39 is 0 Å². The van der Waals surface area contributed by atoms with Gasteiger partial charge in [-0.15, -0.1) is 0 Å². The van der Waals surface area contributed by atoms with Crippen LogP contribution in [0.5, 0.6) is 5.75 Å². The number of amides is 1. The van der Waals surface area contributed by atoms with Crippen LogP contribution in [0.25, 0.3) is 0 Å². The normalized spacial score (nSPS) is 17.7. The van der Waals surface area contributed by atoms with Crippen molar-refractivity contribution >= 4 is 5.91 Å². The van der Waals surface area contributed by atoms with Crippen LogP contribution < -0.4 is 0 Å². The fraction of sp³-hybridized carbons (Fsp3) is 0.278. The highest BCUT2D eigenvalue weighted by Crippen LogP contribution is 2.27. The Morgan fingerprint density at radius 2 is 1.82 bits per heavy atom. The number of halogens is 1. The van der Waals surface area contributed by atoms with E-state index in [0.29, 0.717) is 13.0 Å². The summed E-state index contributed by atoms with van der Waals surface area (Å²) < 4.78 is 13.0. The van der Waals surface area contributed by atoms with Crippen molar-refractivity contribution in [2.75, 3.05) is 13.1 Å². The molecule has 1 aliphatic heterocycles. The largest absolute Gasteiger partial charge is 0.508 e. The second kappa shape index (κ2) is 6.18. The number of rotatable bonds is 3. The molecule has 1 amide bonds. The Balaban J connectivity index is 1.61. The summed E-state index contributed by atoms with van der Waals surface area (Å²) in [7, 11) is 0. The standard InChI is InChI=1S/C18H18FNO2/c19-16-5-3-14(4-6-16)15-9-10-20(12-15)18(22)11-13-1-7-17(21)8-2-13/h1-8,15,21H,9-12H2. The molecule has 1 fully saturated rings. The van der Waals surface area contributed by atoms with Crippen LogP contribution in [0.3, 0.4) is 0 Å². The molecule has 1 atom stereocenters. The zero-order valence-corrected chi connectivity index (χ0v) is 12.2. The number of carbonyl (C=O) groups is 1. The molecule has 0 aliphatic carbocycles. The maximum Gasteiger partial charge on any atom is 0.227 e. The first-order valence-electron chi connectivity index (χ1n) is 7.43. The van der Waals surface area contributed by atoms with Gasteiger partial charge in [-0.25, -0.2) is 4.39 Å². The van der Waals surface area contributed by atoms with Crippen LogP contribution in [0, 0.1) is 5.82 Å². The summed E-state index contributed by atoms with van der Waals surface area (Å²) in [6.45, 7) is 1.42. The second-order valence-corrected chi connectivity index (χ2v) is 5.72. The summed E-state index contributed by atoms with van der Waals surface area (Å²) in [6, 6.07) is 13.2. The molecule has 1 aliphatic rings. The van der Waals surface area contributed by atoms with Crippen molar-refractivity contribution in [1.82, 2.24) is 4.90 Å². The van der Waals surface area contributed by atoms with Crippen LogP contribution in [-0.2, 0) is 11.2 Å². The van der Waals surface area contributed by atoms with E-state index in [1.807, 2.05) is 4.90 Å². The molecular weight excluding hydrogens is 281 g/mol. The maximum absolute atomic E-state index is 13.0. The first-order valence-corrected chi connectivity index (χ1v) is 7.43. The molecule has 3 rings (SSSR count). The number of hydrogen-bond acceptors (Lipinski definition) is 2. The van der Waals surface area contributed by atoms with E-state index in [4.69, 9.17) is 0 Å². The summed E-state index contributed by atoms with van der Waals surface area (Å²) in [5.74, 6) is 0.343. The molecule has 1 N–H and O–H groups in total. The molecule has 0 spiro atoms. The number of likely N-dealkylation sites (tertiary alicyclic amines) is 1. The van der Waals surface area contributed by atoms with Crippen molar-refractivity contribution in [3.63, 3.8) is 0 Å². The number of phenolic OH excluding ortho intramolecular Hbond substituents is 1. The summed E-state index contributed by atoms with van der Waals surface area (Å²) in [5.41, 5.74) is 1.98. The van der Waals surface area contributed by atoms with Crippen LogP contribution in [0.4, 0.5) is 4.39 Å². The number of phenols is 1. The second-order valence-electron chi connectivity index (χ2n) is 5.72. The molecule has 2 aromatic rings. The molecule has 22 heavy (non-hydrogen) atoms. The number of benzene rings is 2. The van der Waals surface area contributed by atoms with Crippen LogP contribution in [0.15, 0.2) is 48.5 Å². The number of hydrogen-bond donors (Lipinski definition) is 1. The molecule has 1 saturated heterocycles. The molecule has 2 aromatic carbocycles. The van der Waals surface area contributed by atoms with E-state index in [1.54, 1.807) is 36.4 Å². The van der Waals surface area contributed by atoms with Crippen molar-refractivity contribution in [1.29, 1.82) is 0 Å². The summed E-state index contributed by atoms with van der Waals surface area (Å²) in [4.78, 5) is 14.2. The highest BCUT2D eigenvalue weighted by atomic mass is 19.1. The summed E-state index contributed by atoms with van der Waals surface area (Å²) >= 11 is 0. The number of carbonyl (C=O) groups excluding carboxylic acids is 1. The van der Waals surface area contributed by atoms with E-state index >= 15 is 0 Å². The fourth-order valence-corrected chi connectivity index (χ4v) is 2.89. The zero-order valence-electron chi connectivity index (χ0n) is 12.2. The van der Waals surface area contributed by atoms with E-state index in [1.165, 1.54) is 12.1 Å². The highest BCUT2D eigenvalue weighted by molar-refractivity contribution is 5.79. The minimum absolute atomic E-state index is 0.0929. The molecule has 0 bridgehead atoms. The predicted molar refractivity (Wildman–Crippen MR) is 82.1 cm³/mol. The van der Waals surface area contributed by atoms with Gasteiger partial charge in [0, 0.05) is 19.0 Å². The Labute approximate surface area is 129 Å². The lowest BCUT2D eigenvalue weighted by Crippen LogP contribution is -2.29. The Kier molecular flexibility index (Phi) is 4.09. The molecule has 0 radical (unpaired) electrons. The van der Waals surface area contributed by atoms with E-state index in [9.17, 15) is 14.3 Å². The third-order valence-corrected chi connectivity index (χ3v) is 4.17. The topological polar surface area (TPSA) is 40.5 Å². The van der Waals surface area contributed by atoms with Crippen molar-refractivity contribution < 1.29 is 14.3 Å². The van der Waals surface area contributed by atoms with Gasteiger partial charge in [-0.3, -0.25) is 4.79 Å². The van der Waals surface area contributed by atoms with Gasteiger partial charge < -0.3 is 10.0 Å². The predicted octanol–water partition coefficient (Wildman–Crippen LogP) is 3.09. The van der Waals surface area contributed by atoms with Crippen LogP contribution in [0.2, 0.25) is 0 Å². The summed E-state index contributed by atoms with van der Waals surface area (Å²) in [6.07, 6.45) is 1.25. The van der Waals surface area contributed by atoms with Gasteiger partial charge >= 0.3 is 0 Å². The average molecular weight is 299 g/mol. The molecule has 0 aromatic heterocycles.